The lowest BCUT2D eigenvalue weighted by atomic mass is 10.1. The van der Waals surface area contributed by atoms with Gasteiger partial charge in [0.15, 0.2) is 5.96 Å². The summed E-state index contributed by atoms with van der Waals surface area (Å²) in [6, 6.07) is 2.07. The largest absolute Gasteiger partial charge is 0.379 e. The normalized spacial score (nSPS) is 11.1. The van der Waals surface area contributed by atoms with Crippen LogP contribution in [0.25, 0.3) is 0 Å². The fraction of sp³-hybridized carbons (Fsp3) is 0.684. The van der Waals surface area contributed by atoms with E-state index in [0.29, 0.717) is 26.4 Å². The van der Waals surface area contributed by atoms with Crippen LogP contribution < -0.4 is 10.6 Å². The Hall–Kier alpha value is -0.930. The number of hydrogen-bond donors (Lipinski definition) is 2. The Labute approximate surface area is 175 Å². The Morgan fingerprint density at radius 1 is 1.12 bits per heavy atom. The Kier molecular flexibility index (Phi) is 16.9. The van der Waals surface area contributed by atoms with Crippen LogP contribution in [0.5, 0.6) is 0 Å². The highest BCUT2D eigenvalue weighted by Crippen LogP contribution is 2.04. The number of ether oxygens (including phenoxy) is 2. The first kappa shape index (κ1) is 25.1. The average molecular weight is 478 g/mol. The van der Waals surface area contributed by atoms with E-state index in [4.69, 9.17) is 9.47 Å². The zero-order chi connectivity index (χ0) is 18.2. The third-order valence-corrected chi connectivity index (χ3v) is 3.69. The molecule has 0 spiro atoms. The number of guanidine groups is 1. The molecule has 0 aliphatic carbocycles. The Balaban J connectivity index is 0.00000625. The van der Waals surface area contributed by atoms with Crippen molar-refractivity contribution in [3.05, 3.63) is 29.6 Å². The molecule has 1 aromatic rings. The highest BCUT2D eigenvalue weighted by Gasteiger charge is 2.00. The van der Waals surface area contributed by atoms with Gasteiger partial charge in [0, 0.05) is 32.1 Å². The number of unbranched alkanes of at least 4 members (excludes halogenated alkanes) is 1. The van der Waals surface area contributed by atoms with Crippen molar-refractivity contribution in [1.82, 2.24) is 15.6 Å². The third kappa shape index (κ3) is 12.4. The Morgan fingerprint density at radius 3 is 2.58 bits per heavy atom. The lowest BCUT2D eigenvalue weighted by Gasteiger charge is -2.12. The van der Waals surface area contributed by atoms with Gasteiger partial charge in [0.25, 0.3) is 0 Å². The molecule has 26 heavy (non-hydrogen) atoms. The van der Waals surface area contributed by atoms with Gasteiger partial charge in [-0.2, -0.15) is 0 Å². The van der Waals surface area contributed by atoms with Gasteiger partial charge in [0.1, 0.15) is 0 Å². The molecule has 0 radical (unpaired) electrons. The van der Waals surface area contributed by atoms with Crippen molar-refractivity contribution in [2.24, 2.45) is 4.99 Å². The van der Waals surface area contributed by atoms with Crippen LogP contribution in [-0.2, 0) is 15.9 Å². The van der Waals surface area contributed by atoms with E-state index in [0.717, 1.165) is 44.9 Å². The predicted octanol–water partition coefficient (Wildman–Crippen LogP) is 2.94. The number of nitrogens with one attached hydrogen (secondary N) is 2. The third-order valence-electron chi connectivity index (χ3n) is 3.69. The number of pyridine rings is 1. The maximum absolute atomic E-state index is 5.54. The summed E-state index contributed by atoms with van der Waals surface area (Å²) in [4.78, 5) is 8.65. The van der Waals surface area contributed by atoms with Crippen LogP contribution in [0.2, 0.25) is 0 Å². The first-order chi connectivity index (χ1) is 12.3. The van der Waals surface area contributed by atoms with Crippen LogP contribution in [0.3, 0.4) is 0 Å². The number of halogens is 1. The molecule has 6 nitrogen and oxygen atoms in total. The quantitative estimate of drug-likeness (QED) is 0.198. The second-order valence-corrected chi connectivity index (χ2v) is 5.82. The van der Waals surface area contributed by atoms with Crippen molar-refractivity contribution in [2.75, 3.05) is 46.1 Å². The summed E-state index contributed by atoms with van der Waals surface area (Å²) in [7, 11) is 0. The van der Waals surface area contributed by atoms with Crippen LogP contribution >= 0.6 is 24.0 Å². The molecule has 7 heteroatoms. The molecular weight excluding hydrogens is 443 g/mol. The lowest BCUT2D eigenvalue weighted by Crippen LogP contribution is -2.38. The Morgan fingerprint density at radius 2 is 1.88 bits per heavy atom. The molecule has 1 heterocycles. The van der Waals surface area contributed by atoms with E-state index in [1.54, 1.807) is 0 Å². The van der Waals surface area contributed by atoms with Crippen molar-refractivity contribution in [1.29, 1.82) is 0 Å². The summed E-state index contributed by atoms with van der Waals surface area (Å²) < 4.78 is 11.0. The monoisotopic (exact) mass is 478 g/mol. The lowest BCUT2D eigenvalue weighted by molar-refractivity contribution is 0.0497. The Bertz CT molecular complexity index is 486. The van der Waals surface area contributed by atoms with Gasteiger partial charge in [0.2, 0.25) is 0 Å². The van der Waals surface area contributed by atoms with E-state index >= 15 is 0 Å². The molecule has 0 saturated heterocycles. The van der Waals surface area contributed by atoms with Crippen LogP contribution in [-0.4, -0.2) is 57.0 Å². The number of nitrogens with zero attached hydrogens (tertiary/aromatic N) is 2. The maximum Gasteiger partial charge on any atom is 0.191 e. The van der Waals surface area contributed by atoms with E-state index in [9.17, 15) is 0 Å². The fourth-order valence-corrected chi connectivity index (χ4v) is 2.23. The zero-order valence-electron chi connectivity index (χ0n) is 16.4. The zero-order valence-corrected chi connectivity index (χ0v) is 18.8. The minimum Gasteiger partial charge on any atom is -0.379 e. The number of aliphatic imine (C=N–C) groups is 1. The second-order valence-electron chi connectivity index (χ2n) is 5.82. The number of aryl methyl sites for hydroxylation is 1. The molecule has 150 valence electrons. The molecule has 0 atom stereocenters. The van der Waals surface area contributed by atoms with Gasteiger partial charge in [-0.1, -0.05) is 13.3 Å². The molecule has 0 aliphatic heterocycles. The predicted molar refractivity (Wildman–Crippen MR) is 119 cm³/mol. The van der Waals surface area contributed by atoms with Crippen LogP contribution in [0, 0.1) is 6.92 Å². The molecule has 0 fully saturated rings. The van der Waals surface area contributed by atoms with E-state index in [-0.39, 0.29) is 24.0 Å². The molecule has 1 rings (SSSR count). The average Bonchev–Trinajstić information content (AvgIpc) is 2.62. The van der Waals surface area contributed by atoms with Gasteiger partial charge in [-0.05, 0) is 43.9 Å². The van der Waals surface area contributed by atoms with Crippen LogP contribution in [0.4, 0.5) is 0 Å². The number of hydrogen-bond acceptors (Lipinski definition) is 4. The summed E-state index contributed by atoms with van der Waals surface area (Å²) in [6.07, 6.45) is 6.96. The summed E-state index contributed by atoms with van der Waals surface area (Å²) in [5.74, 6) is 0.831. The number of aromatic nitrogens is 1. The molecule has 0 unspecified atom stereocenters. The summed E-state index contributed by atoms with van der Waals surface area (Å²) in [5, 5.41) is 6.61. The summed E-state index contributed by atoms with van der Waals surface area (Å²) in [5.41, 5.74) is 2.53. The first-order valence-corrected chi connectivity index (χ1v) is 9.35. The standard InChI is InChI=1S/C19H34N4O2.HI/c1-4-6-12-24-14-15-25-13-11-23-19(21-5-2)22-10-8-18-7-9-20-16-17(18)3;/h7,9,16H,4-6,8,10-15H2,1-3H3,(H2,21,22,23);1H. The van der Waals surface area contributed by atoms with E-state index in [1.165, 1.54) is 11.1 Å². The first-order valence-electron chi connectivity index (χ1n) is 9.35. The molecule has 0 saturated carbocycles. The van der Waals surface area contributed by atoms with Gasteiger partial charge in [0.05, 0.1) is 26.4 Å². The molecule has 0 aliphatic rings. The topological polar surface area (TPSA) is 67.8 Å². The molecule has 2 N–H and O–H groups in total. The molecule has 1 aromatic heterocycles. The summed E-state index contributed by atoms with van der Waals surface area (Å²) >= 11 is 0. The van der Waals surface area contributed by atoms with Crippen molar-refractivity contribution < 1.29 is 9.47 Å². The SMILES string of the molecule is CCCCOCCOCCN=C(NCC)NCCc1ccncc1C.I. The van der Waals surface area contributed by atoms with Gasteiger partial charge in [-0.15, -0.1) is 24.0 Å². The van der Waals surface area contributed by atoms with Crippen molar-refractivity contribution >= 4 is 29.9 Å². The number of rotatable bonds is 13. The van der Waals surface area contributed by atoms with Gasteiger partial charge >= 0.3 is 0 Å². The second kappa shape index (κ2) is 17.5. The summed E-state index contributed by atoms with van der Waals surface area (Å²) in [6.45, 7) is 11.3. The van der Waals surface area contributed by atoms with Crippen LogP contribution in [0.15, 0.2) is 23.5 Å². The fourth-order valence-electron chi connectivity index (χ4n) is 2.23. The highest BCUT2D eigenvalue weighted by atomic mass is 127. The molecule has 0 amide bonds. The van der Waals surface area contributed by atoms with E-state index in [1.807, 2.05) is 12.4 Å². The molecular formula is C19H35IN4O2. The van der Waals surface area contributed by atoms with Gasteiger partial charge in [-0.3, -0.25) is 9.98 Å². The molecule has 0 aromatic carbocycles. The maximum atomic E-state index is 5.54. The minimum absolute atomic E-state index is 0. The highest BCUT2D eigenvalue weighted by molar-refractivity contribution is 14.0. The van der Waals surface area contributed by atoms with Gasteiger partial charge in [-0.25, -0.2) is 0 Å². The van der Waals surface area contributed by atoms with E-state index in [2.05, 4.69) is 47.4 Å². The van der Waals surface area contributed by atoms with E-state index < -0.39 is 0 Å². The van der Waals surface area contributed by atoms with Crippen molar-refractivity contribution in [3.63, 3.8) is 0 Å². The molecule has 0 bridgehead atoms. The van der Waals surface area contributed by atoms with Crippen LogP contribution in [0.1, 0.15) is 37.8 Å². The smallest absolute Gasteiger partial charge is 0.191 e. The van der Waals surface area contributed by atoms with Gasteiger partial charge < -0.3 is 20.1 Å². The minimum atomic E-state index is 0. The van der Waals surface area contributed by atoms with Crippen molar-refractivity contribution in [3.8, 4) is 0 Å². The van der Waals surface area contributed by atoms with Crippen molar-refractivity contribution in [2.45, 2.75) is 40.0 Å².